The van der Waals surface area contributed by atoms with Crippen molar-refractivity contribution in [3.63, 3.8) is 0 Å². The average molecular weight is 200 g/mol. The smallest absolute Gasteiger partial charge is 0.0696 e. The Bertz CT molecular complexity index is 288. The van der Waals surface area contributed by atoms with Crippen molar-refractivity contribution in [2.24, 2.45) is 0 Å². The molecule has 1 heterocycles. The Balaban J connectivity index is 0.000000845. The highest BCUT2D eigenvalue weighted by atomic mass is 35.5. The average Bonchev–Trinajstić information content (AvgIpc) is 2.17. The van der Waals surface area contributed by atoms with Gasteiger partial charge in [0, 0.05) is 11.9 Å². The lowest BCUT2D eigenvalue weighted by Gasteiger charge is -2.14. The number of hydrogen-bond donors (Lipinski definition) is 1. The summed E-state index contributed by atoms with van der Waals surface area (Å²) in [5, 5.41) is 8.90. The number of rotatable bonds is 1. The molecule has 1 aliphatic rings. The fourth-order valence-corrected chi connectivity index (χ4v) is 1.72. The zero-order chi connectivity index (χ0) is 8.39. The van der Waals surface area contributed by atoms with Gasteiger partial charge in [-0.05, 0) is 36.8 Å². The second kappa shape index (κ2) is 4.58. The predicted octanol–water partition coefficient (Wildman–Crippen LogP) is 1.87. The van der Waals surface area contributed by atoms with Crippen LogP contribution in [0.25, 0.3) is 0 Å². The highest BCUT2D eigenvalue weighted by Crippen LogP contribution is 2.19. The normalized spacial score (nSPS) is 14.5. The van der Waals surface area contributed by atoms with Gasteiger partial charge in [0.15, 0.2) is 0 Å². The first-order valence-electron chi connectivity index (χ1n) is 4.47. The van der Waals surface area contributed by atoms with E-state index in [4.69, 9.17) is 5.11 Å². The van der Waals surface area contributed by atoms with Gasteiger partial charge in [-0.1, -0.05) is 6.07 Å². The fraction of sp³-hybridized carbons (Fsp3) is 0.500. The van der Waals surface area contributed by atoms with Gasteiger partial charge in [0.1, 0.15) is 0 Å². The molecule has 0 aromatic carbocycles. The highest BCUT2D eigenvalue weighted by Gasteiger charge is 2.09. The maximum absolute atomic E-state index is 8.90. The third-order valence-electron chi connectivity index (χ3n) is 2.41. The van der Waals surface area contributed by atoms with Gasteiger partial charge < -0.3 is 5.11 Å². The minimum atomic E-state index is 0. The van der Waals surface area contributed by atoms with Crippen molar-refractivity contribution in [3.8, 4) is 0 Å². The van der Waals surface area contributed by atoms with Gasteiger partial charge in [-0.2, -0.15) is 0 Å². The van der Waals surface area contributed by atoms with E-state index in [9.17, 15) is 0 Å². The molecule has 1 aromatic rings. The van der Waals surface area contributed by atoms with Gasteiger partial charge in [0.25, 0.3) is 0 Å². The van der Waals surface area contributed by atoms with Crippen molar-refractivity contribution in [2.75, 3.05) is 0 Å². The molecule has 0 saturated carbocycles. The third kappa shape index (κ3) is 2.20. The van der Waals surface area contributed by atoms with Crippen LogP contribution in [0, 0.1) is 0 Å². The zero-order valence-corrected chi connectivity index (χ0v) is 8.31. The van der Waals surface area contributed by atoms with Gasteiger partial charge in [-0.25, -0.2) is 0 Å². The Labute approximate surface area is 84.4 Å². The van der Waals surface area contributed by atoms with Gasteiger partial charge in [0.05, 0.1) is 6.61 Å². The second-order valence-corrected chi connectivity index (χ2v) is 3.31. The Morgan fingerprint density at radius 3 is 2.85 bits per heavy atom. The molecular formula is C10H14ClNO. The van der Waals surface area contributed by atoms with Crippen LogP contribution >= 0.6 is 12.4 Å². The molecule has 0 radical (unpaired) electrons. The van der Waals surface area contributed by atoms with E-state index in [1.807, 2.05) is 0 Å². The summed E-state index contributed by atoms with van der Waals surface area (Å²) in [6.07, 6.45) is 6.56. The fourth-order valence-electron chi connectivity index (χ4n) is 1.72. The van der Waals surface area contributed by atoms with Crippen molar-refractivity contribution in [1.82, 2.24) is 4.98 Å². The molecule has 2 rings (SSSR count). The van der Waals surface area contributed by atoms with Gasteiger partial charge in [0.2, 0.25) is 0 Å². The minimum Gasteiger partial charge on any atom is -0.392 e. The molecule has 0 aliphatic heterocycles. The van der Waals surface area contributed by atoms with Crippen molar-refractivity contribution in [1.29, 1.82) is 0 Å². The summed E-state index contributed by atoms with van der Waals surface area (Å²) in [6, 6.07) is 2.08. The summed E-state index contributed by atoms with van der Waals surface area (Å²) < 4.78 is 0. The Hall–Kier alpha value is -0.600. The number of aliphatic hydroxyl groups excluding tert-OH is 1. The SMILES string of the molecule is Cl.OCc1cnc2c(c1)CCCC2. The Morgan fingerprint density at radius 1 is 1.31 bits per heavy atom. The molecule has 13 heavy (non-hydrogen) atoms. The van der Waals surface area contributed by atoms with E-state index in [1.54, 1.807) is 6.20 Å². The van der Waals surface area contributed by atoms with E-state index >= 15 is 0 Å². The molecule has 0 unspecified atom stereocenters. The van der Waals surface area contributed by atoms with Crippen molar-refractivity contribution in [3.05, 3.63) is 29.1 Å². The molecule has 1 aliphatic carbocycles. The molecule has 0 spiro atoms. The lowest BCUT2D eigenvalue weighted by atomic mass is 9.95. The Kier molecular flexibility index (Phi) is 3.70. The molecule has 0 saturated heterocycles. The summed E-state index contributed by atoms with van der Waals surface area (Å²) in [7, 11) is 0. The first-order valence-corrected chi connectivity index (χ1v) is 4.47. The Morgan fingerprint density at radius 2 is 2.08 bits per heavy atom. The zero-order valence-electron chi connectivity index (χ0n) is 7.49. The largest absolute Gasteiger partial charge is 0.392 e. The lowest BCUT2D eigenvalue weighted by Crippen LogP contribution is -2.05. The van der Waals surface area contributed by atoms with E-state index in [0.717, 1.165) is 18.4 Å². The van der Waals surface area contributed by atoms with Crippen LogP contribution in [0.3, 0.4) is 0 Å². The van der Waals surface area contributed by atoms with Crippen molar-refractivity contribution in [2.45, 2.75) is 32.3 Å². The number of hydrogen-bond acceptors (Lipinski definition) is 2. The third-order valence-corrected chi connectivity index (χ3v) is 2.41. The summed E-state index contributed by atoms with van der Waals surface area (Å²) in [4.78, 5) is 4.33. The van der Waals surface area contributed by atoms with E-state index in [-0.39, 0.29) is 19.0 Å². The first kappa shape index (κ1) is 10.5. The molecule has 0 amide bonds. The van der Waals surface area contributed by atoms with Crippen LogP contribution in [0.1, 0.15) is 29.7 Å². The molecule has 1 aromatic heterocycles. The van der Waals surface area contributed by atoms with Crippen LogP contribution < -0.4 is 0 Å². The molecular weight excluding hydrogens is 186 g/mol. The molecule has 0 bridgehead atoms. The van der Waals surface area contributed by atoms with Crippen molar-refractivity contribution >= 4 is 12.4 Å². The number of aliphatic hydroxyl groups is 1. The van der Waals surface area contributed by atoms with Crippen LogP contribution in [-0.2, 0) is 19.4 Å². The van der Waals surface area contributed by atoms with Gasteiger partial charge >= 0.3 is 0 Å². The minimum absolute atomic E-state index is 0. The monoisotopic (exact) mass is 199 g/mol. The van der Waals surface area contributed by atoms with E-state index in [2.05, 4.69) is 11.1 Å². The van der Waals surface area contributed by atoms with E-state index in [1.165, 1.54) is 24.1 Å². The highest BCUT2D eigenvalue weighted by molar-refractivity contribution is 5.85. The maximum Gasteiger partial charge on any atom is 0.0696 e. The van der Waals surface area contributed by atoms with Gasteiger partial charge in [-0.15, -0.1) is 12.4 Å². The van der Waals surface area contributed by atoms with E-state index in [0.29, 0.717) is 0 Å². The molecule has 2 nitrogen and oxygen atoms in total. The van der Waals surface area contributed by atoms with Crippen LogP contribution in [0.5, 0.6) is 0 Å². The standard InChI is InChI=1S/C10H13NO.ClH/c12-7-8-5-9-3-1-2-4-10(9)11-6-8;/h5-6,12H,1-4,7H2;1H. The number of fused-ring (bicyclic) bond motifs is 1. The summed E-state index contributed by atoms with van der Waals surface area (Å²) in [5.74, 6) is 0. The van der Waals surface area contributed by atoms with Crippen LogP contribution in [0.2, 0.25) is 0 Å². The number of halogens is 1. The first-order chi connectivity index (χ1) is 5.90. The van der Waals surface area contributed by atoms with Crippen LogP contribution in [-0.4, -0.2) is 10.1 Å². The van der Waals surface area contributed by atoms with E-state index < -0.39 is 0 Å². The topological polar surface area (TPSA) is 33.1 Å². The number of nitrogens with zero attached hydrogens (tertiary/aromatic N) is 1. The van der Waals surface area contributed by atoms with Crippen molar-refractivity contribution < 1.29 is 5.11 Å². The van der Waals surface area contributed by atoms with Gasteiger partial charge in [-0.3, -0.25) is 4.98 Å². The molecule has 72 valence electrons. The number of pyridine rings is 1. The summed E-state index contributed by atoms with van der Waals surface area (Å²) in [5.41, 5.74) is 3.52. The molecule has 1 N–H and O–H groups in total. The molecule has 3 heteroatoms. The molecule has 0 fully saturated rings. The summed E-state index contributed by atoms with van der Waals surface area (Å²) >= 11 is 0. The number of aryl methyl sites for hydroxylation is 2. The molecule has 0 atom stereocenters. The maximum atomic E-state index is 8.90. The lowest BCUT2D eigenvalue weighted by molar-refractivity contribution is 0.281. The summed E-state index contributed by atoms with van der Waals surface area (Å²) in [6.45, 7) is 0.111. The predicted molar refractivity (Wildman–Crippen MR) is 54.0 cm³/mol. The van der Waals surface area contributed by atoms with Crippen LogP contribution in [0.4, 0.5) is 0 Å². The van der Waals surface area contributed by atoms with Crippen LogP contribution in [0.15, 0.2) is 12.3 Å². The quantitative estimate of drug-likeness (QED) is 0.749. The second-order valence-electron chi connectivity index (χ2n) is 3.31. The number of aromatic nitrogens is 1.